The summed E-state index contributed by atoms with van der Waals surface area (Å²) in [6.45, 7) is 2.50. The molecular weight excluding hydrogens is 259 g/mol. The van der Waals surface area contributed by atoms with Crippen molar-refractivity contribution >= 4 is 11.6 Å². The number of ether oxygens (including phenoxy) is 1. The van der Waals surface area contributed by atoms with E-state index >= 15 is 0 Å². The summed E-state index contributed by atoms with van der Waals surface area (Å²) in [6, 6.07) is 4.04. The number of halogens is 1. The highest BCUT2D eigenvalue weighted by atomic mass is 19.1. The highest BCUT2D eigenvalue weighted by molar-refractivity contribution is 5.98. The van der Waals surface area contributed by atoms with Gasteiger partial charge < -0.3 is 15.8 Å². The zero-order valence-electron chi connectivity index (χ0n) is 11.3. The quantitative estimate of drug-likeness (QED) is 0.807. The van der Waals surface area contributed by atoms with E-state index in [9.17, 15) is 9.18 Å². The molecule has 1 saturated heterocycles. The van der Waals surface area contributed by atoms with E-state index in [1.807, 2.05) is 0 Å². The van der Waals surface area contributed by atoms with Gasteiger partial charge in [0.2, 0.25) is 0 Å². The Kier molecular flexibility index (Phi) is 4.38. The molecule has 1 aliphatic heterocycles. The van der Waals surface area contributed by atoms with Crippen molar-refractivity contribution in [2.45, 2.75) is 25.4 Å². The van der Waals surface area contributed by atoms with Gasteiger partial charge in [0.1, 0.15) is 11.4 Å². The van der Waals surface area contributed by atoms with Crippen molar-refractivity contribution in [3.05, 3.63) is 29.6 Å². The molecule has 1 fully saturated rings. The summed E-state index contributed by atoms with van der Waals surface area (Å²) in [5, 5.41) is 2.76. The summed E-state index contributed by atoms with van der Waals surface area (Å²) in [6.07, 6.45) is 1.52. The number of anilines is 1. The van der Waals surface area contributed by atoms with Crippen LogP contribution in [0.5, 0.6) is 0 Å². The van der Waals surface area contributed by atoms with Crippen LogP contribution in [0.3, 0.4) is 0 Å². The van der Waals surface area contributed by atoms with Crippen LogP contribution in [0, 0.1) is 17.7 Å². The monoisotopic (exact) mass is 276 g/mol. The summed E-state index contributed by atoms with van der Waals surface area (Å²) >= 11 is 0. The normalized spacial score (nSPS) is 21.1. The maximum atomic E-state index is 13.3. The molecule has 0 aromatic heterocycles. The highest BCUT2D eigenvalue weighted by Gasteiger charge is 2.37. The van der Waals surface area contributed by atoms with E-state index in [0.717, 1.165) is 6.42 Å². The summed E-state index contributed by atoms with van der Waals surface area (Å²) in [4.78, 5) is 12.2. The predicted octanol–water partition coefficient (Wildman–Crippen LogP) is 1.64. The van der Waals surface area contributed by atoms with Crippen LogP contribution in [0.25, 0.3) is 0 Å². The highest BCUT2D eigenvalue weighted by Crippen LogP contribution is 2.27. The average molecular weight is 276 g/mol. The van der Waals surface area contributed by atoms with Gasteiger partial charge in [-0.3, -0.25) is 4.79 Å². The second-order valence-electron chi connectivity index (χ2n) is 4.83. The minimum Gasteiger partial charge on any atom is -0.365 e. The number of amides is 1. The van der Waals surface area contributed by atoms with E-state index in [1.165, 1.54) is 18.2 Å². The lowest BCUT2D eigenvalue weighted by Gasteiger charge is -2.22. The van der Waals surface area contributed by atoms with Crippen molar-refractivity contribution in [2.75, 3.05) is 18.5 Å². The molecule has 2 rings (SSSR count). The van der Waals surface area contributed by atoms with Gasteiger partial charge in [-0.15, -0.1) is 0 Å². The third-order valence-electron chi connectivity index (χ3n) is 3.25. The lowest BCUT2D eigenvalue weighted by molar-refractivity contribution is -0.133. The van der Waals surface area contributed by atoms with Gasteiger partial charge in [-0.05, 0) is 38.0 Å². The molecule has 1 aromatic rings. The second-order valence-corrected chi connectivity index (χ2v) is 4.83. The number of benzene rings is 1. The van der Waals surface area contributed by atoms with E-state index in [0.29, 0.717) is 24.3 Å². The van der Waals surface area contributed by atoms with Crippen molar-refractivity contribution < 1.29 is 13.9 Å². The molecule has 0 spiro atoms. The molecule has 20 heavy (non-hydrogen) atoms. The molecule has 0 saturated carbocycles. The number of carbonyl (C=O) groups is 1. The molecule has 0 bridgehead atoms. The maximum Gasteiger partial charge on any atom is 0.256 e. The second kappa shape index (κ2) is 6.04. The average Bonchev–Trinajstić information content (AvgIpc) is 2.87. The summed E-state index contributed by atoms with van der Waals surface area (Å²) in [5.74, 6) is 4.76. The molecule has 1 amide bonds. The number of carbonyl (C=O) groups excluding carboxylic acids is 1. The Balaban J connectivity index is 2.22. The standard InChI is InChI=1S/C15H17FN2O2/c1-15(7-3-9-20-15)14(19)18-13-6-5-12(16)10-11(13)4-2-8-17/h5-6,10H,3,7-9,17H2,1H3,(H,18,19). The summed E-state index contributed by atoms with van der Waals surface area (Å²) in [7, 11) is 0. The molecule has 1 aliphatic rings. The summed E-state index contributed by atoms with van der Waals surface area (Å²) in [5.41, 5.74) is 5.36. The van der Waals surface area contributed by atoms with Gasteiger partial charge in [0.05, 0.1) is 17.8 Å². The molecule has 106 valence electrons. The molecule has 1 heterocycles. The maximum absolute atomic E-state index is 13.3. The van der Waals surface area contributed by atoms with Crippen LogP contribution in [0.2, 0.25) is 0 Å². The van der Waals surface area contributed by atoms with Crippen LogP contribution < -0.4 is 11.1 Å². The van der Waals surface area contributed by atoms with Crippen LogP contribution in [0.15, 0.2) is 18.2 Å². The molecule has 1 unspecified atom stereocenters. The minimum atomic E-state index is -0.826. The first kappa shape index (κ1) is 14.5. The molecule has 4 nitrogen and oxygen atoms in total. The number of rotatable bonds is 2. The van der Waals surface area contributed by atoms with E-state index in [-0.39, 0.29) is 12.5 Å². The fourth-order valence-corrected chi connectivity index (χ4v) is 2.09. The van der Waals surface area contributed by atoms with Crippen LogP contribution in [-0.4, -0.2) is 24.7 Å². The topological polar surface area (TPSA) is 64.4 Å². The van der Waals surface area contributed by atoms with Crippen molar-refractivity contribution in [3.63, 3.8) is 0 Å². The zero-order valence-corrected chi connectivity index (χ0v) is 11.3. The van der Waals surface area contributed by atoms with Gasteiger partial charge in [-0.25, -0.2) is 4.39 Å². The van der Waals surface area contributed by atoms with Gasteiger partial charge in [-0.1, -0.05) is 11.8 Å². The van der Waals surface area contributed by atoms with Gasteiger partial charge >= 0.3 is 0 Å². The number of hydrogen-bond acceptors (Lipinski definition) is 3. The fourth-order valence-electron chi connectivity index (χ4n) is 2.09. The van der Waals surface area contributed by atoms with Crippen molar-refractivity contribution in [2.24, 2.45) is 5.73 Å². The molecule has 5 heteroatoms. The molecule has 0 radical (unpaired) electrons. The van der Waals surface area contributed by atoms with Crippen molar-refractivity contribution in [1.82, 2.24) is 0 Å². The molecular formula is C15H17FN2O2. The van der Waals surface area contributed by atoms with Crippen LogP contribution in [0.4, 0.5) is 10.1 Å². The van der Waals surface area contributed by atoms with Gasteiger partial charge in [-0.2, -0.15) is 0 Å². The third-order valence-corrected chi connectivity index (χ3v) is 3.25. The van der Waals surface area contributed by atoms with Gasteiger partial charge in [0.15, 0.2) is 0 Å². The van der Waals surface area contributed by atoms with E-state index in [4.69, 9.17) is 10.5 Å². The Morgan fingerprint density at radius 3 is 3.05 bits per heavy atom. The Morgan fingerprint density at radius 1 is 1.60 bits per heavy atom. The predicted molar refractivity (Wildman–Crippen MR) is 74.6 cm³/mol. The van der Waals surface area contributed by atoms with Crippen molar-refractivity contribution in [3.8, 4) is 11.8 Å². The Labute approximate surface area is 117 Å². The van der Waals surface area contributed by atoms with Gasteiger partial charge in [0.25, 0.3) is 5.91 Å². The van der Waals surface area contributed by atoms with E-state index < -0.39 is 11.4 Å². The largest absolute Gasteiger partial charge is 0.365 e. The lowest BCUT2D eigenvalue weighted by atomic mass is 10.0. The third kappa shape index (κ3) is 3.16. The first-order valence-corrected chi connectivity index (χ1v) is 6.49. The Bertz CT molecular complexity index is 569. The molecule has 1 aromatic carbocycles. The Hall–Kier alpha value is -1.90. The summed E-state index contributed by atoms with van der Waals surface area (Å²) < 4.78 is 18.7. The van der Waals surface area contributed by atoms with Crippen molar-refractivity contribution in [1.29, 1.82) is 0 Å². The smallest absolute Gasteiger partial charge is 0.256 e. The first-order valence-electron chi connectivity index (χ1n) is 6.49. The van der Waals surface area contributed by atoms with E-state index in [2.05, 4.69) is 17.2 Å². The van der Waals surface area contributed by atoms with Crippen LogP contribution in [0.1, 0.15) is 25.3 Å². The number of hydrogen-bond donors (Lipinski definition) is 2. The van der Waals surface area contributed by atoms with E-state index in [1.54, 1.807) is 6.92 Å². The number of nitrogens with one attached hydrogen (secondary N) is 1. The minimum absolute atomic E-state index is 0.171. The first-order chi connectivity index (χ1) is 9.55. The molecule has 3 N–H and O–H groups in total. The Morgan fingerprint density at radius 2 is 2.40 bits per heavy atom. The van der Waals surface area contributed by atoms with Crippen LogP contribution in [-0.2, 0) is 9.53 Å². The lowest BCUT2D eigenvalue weighted by Crippen LogP contribution is -2.39. The SMILES string of the molecule is CC1(C(=O)Nc2ccc(F)cc2C#CCN)CCCO1. The van der Waals surface area contributed by atoms with Gasteiger partial charge in [0, 0.05) is 6.61 Å². The fraction of sp³-hybridized carbons (Fsp3) is 0.400. The number of nitrogens with two attached hydrogens (primary N) is 1. The van der Waals surface area contributed by atoms with Crippen LogP contribution >= 0.6 is 0 Å². The molecule has 1 atom stereocenters. The zero-order chi connectivity index (χ0) is 14.6. The molecule has 0 aliphatic carbocycles.